The van der Waals surface area contributed by atoms with Gasteiger partial charge >= 0.3 is 0 Å². The highest BCUT2D eigenvalue weighted by Crippen LogP contribution is 2.44. The molecule has 120 valence electrons. The molecule has 1 aromatic rings. The molecule has 2 aliphatic heterocycles. The first-order valence-corrected chi connectivity index (χ1v) is 8.30. The van der Waals surface area contributed by atoms with Gasteiger partial charge < -0.3 is 5.32 Å². The van der Waals surface area contributed by atoms with Crippen LogP contribution in [0.1, 0.15) is 44.2 Å². The van der Waals surface area contributed by atoms with Crippen molar-refractivity contribution >= 4 is 23.2 Å². The molecule has 0 saturated heterocycles. The zero-order valence-electron chi connectivity index (χ0n) is 13.6. The molecule has 2 amide bonds. The number of nitrogens with zero attached hydrogens (tertiary/aromatic N) is 1. The summed E-state index contributed by atoms with van der Waals surface area (Å²) in [6, 6.07) is 6.11. The second-order valence-corrected chi connectivity index (χ2v) is 7.15. The molecule has 0 spiro atoms. The summed E-state index contributed by atoms with van der Waals surface area (Å²) in [7, 11) is 0. The van der Waals surface area contributed by atoms with Gasteiger partial charge in [-0.1, -0.05) is 26.8 Å². The molecule has 5 heteroatoms. The van der Waals surface area contributed by atoms with Crippen molar-refractivity contribution in [3.63, 3.8) is 0 Å². The van der Waals surface area contributed by atoms with Crippen LogP contribution < -0.4 is 10.7 Å². The highest BCUT2D eigenvalue weighted by molar-refractivity contribution is 6.10. The number of rotatable bonds is 1. The van der Waals surface area contributed by atoms with Gasteiger partial charge in [-0.25, -0.2) is 5.43 Å². The lowest BCUT2D eigenvalue weighted by Gasteiger charge is -2.22. The third-order valence-electron chi connectivity index (χ3n) is 5.85. The maximum atomic E-state index is 12.2. The number of hydrazone groups is 1. The Bertz CT molecular complexity index is 740. The first-order chi connectivity index (χ1) is 11.0. The van der Waals surface area contributed by atoms with Crippen molar-refractivity contribution in [2.75, 3.05) is 5.32 Å². The van der Waals surface area contributed by atoms with E-state index in [4.69, 9.17) is 0 Å². The fourth-order valence-corrected chi connectivity index (χ4v) is 3.76. The van der Waals surface area contributed by atoms with Crippen LogP contribution in [0.2, 0.25) is 0 Å². The zero-order valence-corrected chi connectivity index (χ0v) is 13.6. The van der Waals surface area contributed by atoms with E-state index in [9.17, 15) is 9.59 Å². The standard InChI is InChI=1S/C18H21N3O2/c1-8-9(2)12-6-11(4-5-15(12)19-17(22)10(8)3)16-13-7-14(13)18(23)21-20-16/h4-6,8-10,13-14H,7H2,1-3H3,(H,19,22)(H,21,23). The fraction of sp³-hybridized carbons (Fsp3) is 0.500. The molecule has 1 fully saturated rings. The van der Waals surface area contributed by atoms with E-state index in [-0.39, 0.29) is 41.4 Å². The lowest BCUT2D eigenvalue weighted by Crippen LogP contribution is -2.28. The quantitative estimate of drug-likeness (QED) is 0.836. The van der Waals surface area contributed by atoms with E-state index in [2.05, 4.69) is 35.8 Å². The molecule has 23 heavy (non-hydrogen) atoms. The molecular formula is C18H21N3O2. The van der Waals surface area contributed by atoms with Gasteiger partial charge in [-0.15, -0.1) is 0 Å². The Morgan fingerprint density at radius 1 is 1.04 bits per heavy atom. The number of fused-ring (bicyclic) bond motifs is 2. The number of carbonyl (C=O) groups excluding carboxylic acids is 2. The SMILES string of the molecule is CC1C(=O)Nc2ccc(C3=NNC(=O)C4CC34)cc2C(C)C1C. The van der Waals surface area contributed by atoms with Crippen LogP contribution in [-0.2, 0) is 9.59 Å². The van der Waals surface area contributed by atoms with Crippen LogP contribution in [-0.4, -0.2) is 17.5 Å². The number of benzene rings is 1. The second-order valence-electron chi connectivity index (χ2n) is 7.15. The van der Waals surface area contributed by atoms with Gasteiger partial charge in [-0.3, -0.25) is 9.59 Å². The van der Waals surface area contributed by atoms with Gasteiger partial charge in [0.2, 0.25) is 11.8 Å². The Balaban J connectivity index is 1.74. The molecule has 3 aliphatic rings. The van der Waals surface area contributed by atoms with Crippen molar-refractivity contribution in [1.29, 1.82) is 0 Å². The third-order valence-corrected chi connectivity index (χ3v) is 5.85. The average molecular weight is 311 g/mol. The minimum atomic E-state index is -0.0139. The Labute approximate surface area is 135 Å². The number of anilines is 1. The predicted octanol–water partition coefficient (Wildman–Crippen LogP) is 2.48. The van der Waals surface area contributed by atoms with Crippen LogP contribution in [0.3, 0.4) is 0 Å². The summed E-state index contributed by atoms with van der Waals surface area (Å²) in [6.07, 6.45) is 0.890. The van der Waals surface area contributed by atoms with Crippen LogP contribution in [0.25, 0.3) is 0 Å². The minimum Gasteiger partial charge on any atom is -0.326 e. The molecule has 2 N–H and O–H groups in total. The maximum Gasteiger partial charge on any atom is 0.243 e. The lowest BCUT2D eigenvalue weighted by molar-refractivity contribution is -0.123. The molecule has 0 bridgehead atoms. The maximum absolute atomic E-state index is 12.2. The predicted molar refractivity (Wildman–Crippen MR) is 88.1 cm³/mol. The Morgan fingerprint density at radius 2 is 1.83 bits per heavy atom. The fourth-order valence-electron chi connectivity index (χ4n) is 3.76. The smallest absolute Gasteiger partial charge is 0.243 e. The topological polar surface area (TPSA) is 70.6 Å². The van der Waals surface area contributed by atoms with Crippen molar-refractivity contribution in [2.45, 2.75) is 33.1 Å². The lowest BCUT2D eigenvalue weighted by atomic mass is 9.81. The van der Waals surface area contributed by atoms with Crippen molar-refractivity contribution in [2.24, 2.45) is 28.8 Å². The summed E-state index contributed by atoms with van der Waals surface area (Å²) in [6.45, 7) is 6.29. The van der Waals surface area contributed by atoms with Gasteiger partial charge in [0, 0.05) is 23.4 Å². The first-order valence-electron chi connectivity index (χ1n) is 8.30. The summed E-state index contributed by atoms with van der Waals surface area (Å²) in [5.41, 5.74) is 6.71. The normalized spacial score (nSPS) is 35.3. The van der Waals surface area contributed by atoms with Crippen LogP contribution >= 0.6 is 0 Å². The highest BCUT2D eigenvalue weighted by Gasteiger charge is 2.49. The van der Waals surface area contributed by atoms with E-state index in [0.29, 0.717) is 0 Å². The molecule has 5 atom stereocenters. The van der Waals surface area contributed by atoms with E-state index in [1.165, 1.54) is 0 Å². The first kappa shape index (κ1) is 14.4. The third kappa shape index (κ3) is 2.18. The van der Waals surface area contributed by atoms with Gasteiger partial charge in [-0.05, 0) is 41.5 Å². The van der Waals surface area contributed by atoms with Crippen molar-refractivity contribution < 1.29 is 9.59 Å². The molecule has 4 rings (SSSR count). The van der Waals surface area contributed by atoms with Gasteiger partial charge in [0.15, 0.2) is 0 Å². The number of hydrogen-bond acceptors (Lipinski definition) is 3. The summed E-state index contributed by atoms with van der Waals surface area (Å²) < 4.78 is 0. The van der Waals surface area contributed by atoms with Gasteiger partial charge in [0.05, 0.1) is 5.71 Å². The Kier molecular flexibility index (Phi) is 3.08. The van der Waals surface area contributed by atoms with Crippen LogP contribution in [0, 0.1) is 23.7 Å². The van der Waals surface area contributed by atoms with Crippen molar-refractivity contribution in [3.05, 3.63) is 29.3 Å². The minimum absolute atomic E-state index is 0.0139. The molecule has 0 aromatic heterocycles. The van der Waals surface area contributed by atoms with Crippen molar-refractivity contribution in [1.82, 2.24) is 5.43 Å². The largest absolute Gasteiger partial charge is 0.326 e. The van der Waals surface area contributed by atoms with Gasteiger partial charge in [0.1, 0.15) is 0 Å². The van der Waals surface area contributed by atoms with Gasteiger partial charge in [-0.2, -0.15) is 5.10 Å². The Hall–Kier alpha value is -2.17. The van der Waals surface area contributed by atoms with Crippen LogP contribution in [0.15, 0.2) is 23.3 Å². The van der Waals surface area contributed by atoms with Crippen LogP contribution in [0.5, 0.6) is 0 Å². The summed E-state index contributed by atoms with van der Waals surface area (Å²) in [5.74, 6) is 1.02. The van der Waals surface area contributed by atoms with E-state index >= 15 is 0 Å². The Morgan fingerprint density at radius 3 is 2.61 bits per heavy atom. The second kappa shape index (κ2) is 4.91. The molecule has 1 aromatic carbocycles. The molecule has 1 aliphatic carbocycles. The number of carbonyl (C=O) groups is 2. The van der Waals surface area contributed by atoms with E-state index in [0.717, 1.165) is 28.9 Å². The molecule has 0 radical (unpaired) electrons. The number of amides is 2. The molecule has 1 saturated carbocycles. The molecule has 2 heterocycles. The van der Waals surface area contributed by atoms with E-state index < -0.39 is 0 Å². The van der Waals surface area contributed by atoms with Crippen LogP contribution in [0.4, 0.5) is 5.69 Å². The molecular weight excluding hydrogens is 290 g/mol. The summed E-state index contributed by atoms with van der Waals surface area (Å²) >= 11 is 0. The highest BCUT2D eigenvalue weighted by atomic mass is 16.2. The summed E-state index contributed by atoms with van der Waals surface area (Å²) in [4.78, 5) is 23.8. The molecule has 5 nitrogen and oxygen atoms in total. The number of nitrogens with one attached hydrogen (secondary N) is 2. The zero-order chi connectivity index (χ0) is 16.3. The average Bonchev–Trinajstić information content (AvgIpc) is 3.35. The van der Waals surface area contributed by atoms with E-state index in [1.54, 1.807) is 0 Å². The summed E-state index contributed by atoms with van der Waals surface area (Å²) in [5, 5.41) is 7.32. The molecule has 5 unspecified atom stereocenters. The van der Waals surface area contributed by atoms with Crippen molar-refractivity contribution in [3.8, 4) is 0 Å². The monoisotopic (exact) mass is 311 g/mol. The number of hydrogen-bond donors (Lipinski definition) is 2. The van der Waals surface area contributed by atoms with E-state index in [1.807, 2.05) is 19.1 Å². The van der Waals surface area contributed by atoms with Gasteiger partial charge in [0.25, 0.3) is 0 Å².